The maximum atomic E-state index is 12.1. The second-order valence-electron chi connectivity index (χ2n) is 5.12. The number of amides is 1. The zero-order valence-electron chi connectivity index (χ0n) is 11.8. The second-order valence-corrected chi connectivity index (χ2v) is 5.12. The first kappa shape index (κ1) is 14.5. The molecule has 0 aliphatic carbocycles. The summed E-state index contributed by atoms with van der Waals surface area (Å²) in [4.78, 5) is 24.8. The maximum Gasteiger partial charge on any atom is 0.335 e. The Labute approximate surface area is 118 Å². The number of carboxylic acid groups (broad SMARTS) is 1. The first-order valence-corrected chi connectivity index (χ1v) is 6.67. The fourth-order valence-electron chi connectivity index (χ4n) is 2.31. The van der Waals surface area contributed by atoms with Gasteiger partial charge in [0.05, 0.1) is 11.7 Å². The molecule has 1 aliphatic heterocycles. The van der Waals surface area contributed by atoms with Crippen molar-refractivity contribution in [1.29, 1.82) is 0 Å². The van der Waals surface area contributed by atoms with Crippen molar-refractivity contribution in [3.63, 3.8) is 0 Å². The number of nitrogens with zero attached hydrogens (tertiary/aromatic N) is 1. The third kappa shape index (κ3) is 3.17. The Morgan fingerprint density at radius 2 is 2.05 bits per heavy atom. The van der Waals surface area contributed by atoms with Crippen molar-refractivity contribution < 1.29 is 19.4 Å². The average Bonchev–Trinajstić information content (AvgIpc) is 2.87. The summed E-state index contributed by atoms with van der Waals surface area (Å²) < 4.78 is 5.13. The van der Waals surface area contributed by atoms with E-state index in [2.05, 4.69) is 0 Å². The molecule has 0 bridgehead atoms. The lowest BCUT2D eigenvalue weighted by atomic mass is 10.1. The Hall–Kier alpha value is -1.88. The summed E-state index contributed by atoms with van der Waals surface area (Å²) in [6.07, 6.45) is 1.22. The van der Waals surface area contributed by atoms with Crippen LogP contribution in [0.25, 0.3) is 0 Å². The molecule has 0 saturated carbocycles. The van der Waals surface area contributed by atoms with Crippen LogP contribution in [0.2, 0.25) is 0 Å². The molecule has 0 aromatic heterocycles. The molecule has 5 heteroatoms. The van der Waals surface area contributed by atoms with Crippen LogP contribution in [0.1, 0.15) is 41.3 Å². The van der Waals surface area contributed by atoms with E-state index in [4.69, 9.17) is 9.84 Å². The van der Waals surface area contributed by atoms with E-state index in [-0.39, 0.29) is 17.6 Å². The molecule has 0 fully saturated rings. The molecule has 0 saturated heterocycles. The van der Waals surface area contributed by atoms with Crippen molar-refractivity contribution in [2.24, 2.45) is 0 Å². The van der Waals surface area contributed by atoms with Gasteiger partial charge in [-0.1, -0.05) is 6.07 Å². The fraction of sp³-hybridized carbons (Fsp3) is 0.467. The van der Waals surface area contributed by atoms with Crippen LogP contribution in [0.15, 0.2) is 18.2 Å². The second kappa shape index (κ2) is 6.05. The highest BCUT2D eigenvalue weighted by atomic mass is 16.5. The average molecular weight is 277 g/mol. The number of carbonyl (C=O) groups is 2. The molecule has 20 heavy (non-hydrogen) atoms. The van der Waals surface area contributed by atoms with Gasteiger partial charge >= 0.3 is 5.97 Å². The van der Waals surface area contributed by atoms with Gasteiger partial charge in [-0.05, 0) is 36.6 Å². The maximum absolute atomic E-state index is 12.1. The minimum absolute atomic E-state index is 0.0718. The highest BCUT2D eigenvalue weighted by Crippen LogP contribution is 2.24. The normalized spacial score (nSPS) is 15.0. The number of hydrogen-bond donors (Lipinski definition) is 1. The summed E-state index contributed by atoms with van der Waals surface area (Å²) in [7, 11) is 1.63. The number of benzene rings is 1. The molecule has 1 N–H and O–H groups in total. The summed E-state index contributed by atoms with van der Waals surface area (Å²) in [6.45, 7) is 3.00. The van der Waals surface area contributed by atoms with Gasteiger partial charge in [-0.25, -0.2) is 4.79 Å². The summed E-state index contributed by atoms with van der Waals surface area (Å²) in [5, 5.41) is 8.97. The molecule has 1 amide bonds. The molecule has 1 unspecified atom stereocenters. The van der Waals surface area contributed by atoms with E-state index in [9.17, 15) is 9.59 Å². The fourth-order valence-corrected chi connectivity index (χ4v) is 2.31. The van der Waals surface area contributed by atoms with Crippen molar-refractivity contribution >= 4 is 11.9 Å². The van der Waals surface area contributed by atoms with Gasteiger partial charge in [0.15, 0.2) is 0 Å². The van der Waals surface area contributed by atoms with Gasteiger partial charge in [-0.15, -0.1) is 0 Å². The van der Waals surface area contributed by atoms with E-state index in [0.717, 1.165) is 11.1 Å². The zero-order valence-corrected chi connectivity index (χ0v) is 11.8. The van der Waals surface area contributed by atoms with Crippen LogP contribution in [0.5, 0.6) is 0 Å². The molecule has 1 heterocycles. The Kier molecular flexibility index (Phi) is 4.39. The number of methoxy groups -OCH3 is 1. The summed E-state index contributed by atoms with van der Waals surface area (Å²) in [6, 6.07) is 5.04. The number of carboxylic acids is 1. The minimum atomic E-state index is -0.938. The van der Waals surface area contributed by atoms with Gasteiger partial charge in [-0.3, -0.25) is 4.79 Å². The van der Waals surface area contributed by atoms with E-state index in [1.165, 1.54) is 0 Å². The largest absolute Gasteiger partial charge is 0.478 e. The molecule has 1 aromatic rings. The number of aromatic carboxylic acids is 1. The van der Waals surface area contributed by atoms with Crippen LogP contribution in [0.3, 0.4) is 0 Å². The molecule has 1 aromatic carbocycles. The van der Waals surface area contributed by atoms with Crippen LogP contribution in [-0.2, 0) is 22.6 Å². The number of carbonyl (C=O) groups excluding carboxylic acids is 1. The smallest absolute Gasteiger partial charge is 0.335 e. The third-order valence-corrected chi connectivity index (χ3v) is 3.70. The topological polar surface area (TPSA) is 66.8 Å². The molecule has 5 nitrogen and oxygen atoms in total. The molecule has 1 atom stereocenters. The van der Waals surface area contributed by atoms with Crippen molar-refractivity contribution in [3.8, 4) is 0 Å². The highest BCUT2D eigenvalue weighted by molar-refractivity contribution is 5.88. The molecule has 1 aliphatic rings. The molecule has 0 spiro atoms. The van der Waals surface area contributed by atoms with Crippen molar-refractivity contribution in [2.75, 3.05) is 7.11 Å². The minimum Gasteiger partial charge on any atom is -0.478 e. The Morgan fingerprint density at radius 3 is 2.70 bits per heavy atom. The standard InChI is InChI=1S/C15H19NO4/c1-10(20-2)3-6-14(17)16-8-12-5-4-11(15(18)19)7-13(12)9-16/h4-5,7,10H,3,6,8-9H2,1-2H3,(H,18,19). The number of fused-ring (bicyclic) bond motifs is 1. The first-order valence-electron chi connectivity index (χ1n) is 6.67. The molecule has 2 rings (SSSR count). The van der Waals surface area contributed by atoms with Gasteiger partial charge in [-0.2, -0.15) is 0 Å². The van der Waals surface area contributed by atoms with Gasteiger partial charge in [0, 0.05) is 26.6 Å². The number of ether oxygens (including phenoxy) is 1. The van der Waals surface area contributed by atoms with Gasteiger partial charge in [0.2, 0.25) is 5.91 Å². The van der Waals surface area contributed by atoms with Crippen LogP contribution in [-0.4, -0.2) is 35.1 Å². The zero-order chi connectivity index (χ0) is 14.7. The highest BCUT2D eigenvalue weighted by Gasteiger charge is 2.24. The quantitative estimate of drug-likeness (QED) is 0.894. The first-order chi connectivity index (χ1) is 9.51. The van der Waals surface area contributed by atoms with Gasteiger partial charge < -0.3 is 14.7 Å². The summed E-state index contributed by atoms with van der Waals surface area (Å²) in [5.74, 6) is -0.853. The lowest BCUT2D eigenvalue weighted by molar-refractivity contribution is -0.132. The van der Waals surface area contributed by atoms with Crippen LogP contribution >= 0.6 is 0 Å². The molecule has 108 valence electrons. The van der Waals surface area contributed by atoms with E-state index < -0.39 is 5.97 Å². The van der Waals surface area contributed by atoms with Gasteiger partial charge in [0.25, 0.3) is 0 Å². The van der Waals surface area contributed by atoms with Crippen molar-refractivity contribution in [3.05, 3.63) is 34.9 Å². The number of rotatable bonds is 5. The molecular formula is C15H19NO4. The number of hydrogen-bond acceptors (Lipinski definition) is 3. The van der Waals surface area contributed by atoms with Crippen molar-refractivity contribution in [1.82, 2.24) is 4.90 Å². The predicted octanol–water partition coefficient (Wildman–Crippen LogP) is 2.04. The van der Waals surface area contributed by atoms with Crippen molar-refractivity contribution in [2.45, 2.75) is 39.0 Å². The lowest BCUT2D eigenvalue weighted by Crippen LogP contribution is -2.26. The Balaban J connectivity index is 1.98. The van der Waals surface area contributed by atoms with E-state index in [1.807, 2.05) is 6.92 Å². The Morgan fingerprint density at radius 1 is 1.35 bits per heavy atom. The predicted molar refractivity (Wildman–Crippen MR) is 73.4 cm³/mol. The van der Waals surface area contributed by atoms with Crippen LogP contribution in [0, 0.1) is 0 Å². The Bertz CT molecular complexity index is 527. The lowest BCUT2D eigenvalue weighted by Gasteiger charge is -2.16. The summed E-state index contributed by atoms with van der Waals surface area (Å²) in [5.41, 5.74) is 2.23. The monoisotopic (exact) mass is 277 g/mol. The van der Waals surface area contributed by atoms with Crippen LogP contribution < -0.4 is 0 Å². The molecular weight excluding hydrogens is 258 g/mol. The van der Waals surface area contributed by atoms with Crippen LogP contribution in [0.4, 0.5) is 0 Å². The van der Waals surface area contributed by atoms with Gasteiger partial charge in [0.1, 0.15) is 0 Å². The van der Waals surface area contributed by atoms with E-state index in [1.54, 1.807) is 30.2 Å². The molecule has 0 radical (unpaired) electrons. The third-order valence-electron chi connectivity index (χ3n) is 3.70. The SMILES string of the molecule is COC(C)CCC(=O)N1Cc2ccc(C(=O)O)cc2C1. The summed E-state index contributed by atoms with van der Waals surface area (Å²) >= 11 is 0. The van der Waals surface area contributed by atoms with E-state index in [0.29, 0.717) is 25.9 Å². The van der Waals surface area contributed by atoms with E-state index >= 15 is 0 Å².